The zero-order chi connectivity index (χ0) is 14.5. The zero-order valence-electron chi connectivity index (χ0n) is 9.52. The standard InChI is InChI=1S/C10H5F4N5S/c11-4-2-1-3-5(15)6(4)7-18-19-8(10(12,13)14)16-17-9(19)20-7/h1-3H,15H2. The molecule has 10 heteroatoms. The first-order valence-corrected chi connectivity index (χ1v) is 6.03. The van der Waals surface area contributed by atoms with E-state index < -0.39 is 17.8 Å². The number of halogens is 4. The van der Waals surface area contributed by atoms with E-state index in [1.54, 1.807) is 0 Å². The molecule has 104 valence electrons. The van der Waals surface area contributed by atoms with Gasteiger partial charge in [0.1, 0.15) is 5.82 Å². The number of hydrogen-bond donors (Lipinski definition) is 1. The third-order valence-electron chi connectivity index (χ3n) is 2.50. The van der Waals surface area contributed by atoms with Gasteiger partial charge in [-0.2, -0.15) is 22.8 Å². The van der Waals surface area contributed by atoms with Crippen LogP contribution in [0.25, 0.3) is 15.5 Å². The van der Waals surface area contributed by atoms with Gasteiger partial charge in [-0.3, -0.25) is 0 Å². The van der Waals surface area contributed by atoms with Gasteiger partial charge >= 0.3 is 6.18 Å². The van der Waals surface area contributed by atoms with Gasteiger partial charge in [0.05, 0.1) is 5.56 Å². The van der Waals surface area contributed by atoms with E-state index in [4.69, 9.17) is 5.73 Å². The highest BCUT2D eigenvalue weighted by Crippen LogP contribution is 2.34. The Morgan fingerprint density at radius 3 is 2.60 bits per heavy atom. The van der Waals surface area contributed by atoms with Crippen molar-refractivity contribution in [3.8, 4) is 10.6 Å². The third-order valence-corrected chi connectivity index (χ3v) is 3.42. The van der Waals surface area contributed by atoms with Gasteiger partial charge < -0.3 is 5.73 Å². The molecular weight excluding hydrogens is 298 g/mol. The number of alkyl halides is 3. The predicted octanol–water partition coefficient (Wildman–Crippen LogP) is 2.59. The molecule has 0 unspecified atom stereocenters. The Hall–Kier alpha value is -2.23. The van der Waals surface area contributed by atoms with Gasteiger partial charge in [-0.15, -0.1) is 10.2 Å². The van der Waals surface area contributed by atoms with Crippen LogP contribution in [0.15, 0.2) is 18.2 Å². The number of hydrogen-bond acceptors (Lipinski definition) is 5. The van der Waals surface area contributed by atoms with Crippen LogP contribution in [-0.2, 0) is 6.18 Å². The van der Waals surface area contributed by atoms with Crippen molar-refractivity contribution >= 4 is 22.0 Å². The molecule has 0 radical (unpaired) electrons. The molecule has 0 saturated heterocycles. The number of fused-ring (bicyclic) bond motifs is 1. The summed E-state index contributed by atoms with van der Waals surface area (Å²) in [6.07, 6.45) is -4.69. The van der Waals surface area contributed by atoms with Crippen LogP contribution in [0.2, 0.25) is 0 Å². The molecular formula is C10H5F4N5S. The molecule has 0 spiro atoms. The molecule has 0 aliphatic rings. The van der Waals surface area contributed by atoms with Crippen molar-refractivity contribution in [2.24, 2.45) is 0 Å². The van der Waals surface area contributed by atoms with Gasteiger partial charge in [0.25, 0.3) is 5.82 Å². The first-order valence-electron chi connectivity index (χ1n) is 5.21. The number of anilines is 1. The number of benzene rings is 1. The minimum Gasteiger partial charge on any atom is -0.398 e. The van der Waals surface area contributed by atoms with E-state index in [1.807, 2.05) is 0 Å². The van der Waals surface area contributed by atoms with Gasteiger partial charge in [0, 0.05) is 5.69 Å². The maximum atomic E-state index is 13.7. The first-order chi connectivity index (χ1) is 9.38. The molecule has 1 aromatic carbocycles. The normalized spacial score (nSPS) is 12.2. The monoisotopic (exact) mass is 303 g/mol. The maximum Gasteiger partial charge on any atom is 0.453 e. The summed E-state index contributed by atoms with van der Waals surface area (Å²) in [5.41, 5.74) is 5.67. The molecule has 2 aromatic heterocycles. The lowest BCUT2D eigenvalue weighted by atomic mass is 10.2. The van der Waals surface area contributed by atoms with Crippen LogP contribution in [0.5, 0.6) is 0 Å². The average Bonchev–Trinajstić information content (AvgIpc) is 2.86. The van der Waals surface area contributed by atoms with Crippen LogP contribution >= 0.6 is 11.3 Å². The molecule has 3 aromatic rings. The lowest BCUT2D eigenvalue weighted by molar-refractivity contribution is -0.146. The number of nitrogens with two attached hydrogens (primary N) is 1. The summed E-state index contributed by atoms with van der Waals surface area (Å²) in [6, 6.07) is 3.99. The summed E-state index contributed by atoms with van der Waals surface area (Å²) in [4.78, 5) is -0.0880. The summed E-state index contributed by atoms with van der Waals surface area (Å²) in [7, 11) is 0. The summed E-state index contributed by atoms with van der Waals surface area (Å²) in [6.45, 7) is 0. The van der Waals surface area contributed by atoms with Crippen LogP contribution in [0, 0.1) is 5.82 Å². The Kier molecular flexibility index (Phi) is 2.64. The maximum absolute atomic E-state index is 13.7. The molecule has 20 heavy (non-hydrogen) atoms. The zero-order valence-corrected chi connectivity index (χ0v) is 10.3. The number of nitrogen functional groups attached to an aromatic ring is 1. The predicted molar refractivity (Wildman–Crippen MR) is 63.5 cm³/mol. The van der Waals surface area contributed by atoms with Gasteiger partial charge in [-0.05, 0) is 12.1 Å². The van der Waals surface area contributed by atoms with Crippen molar-refractivity contribution in [3.05, 3.63) is 29.8 Å². The molecule has 0 amide bonds. The van der Waals surface area contributed by atoms with Crippen molar-refractivity contribution < 1.29 is 17.6 Å². The van der Waals surface area contributed by atoms with E-state index in [9.17, 15) is 17.6 Å². The van der Waals surface area contributed by atoms with Crippen LogP contribution in [0.4, 0.5) is 23.2 Å². The van der Waals surface area contributed by atoms with Gasteiger partial charge in [0.15, 0.2) is 5.01 Å². The second kappa shape index (κ2) is 4.13. The SMILES string of the molecule is Nc1cccc(F)c1-c1nn2c(C(F)(F)F)nnc2s1. The first kappa shape index (κ1) is 12.8. The van der Waals surface area contributed by atoms with Crippen molar-refractivity contribution in [3.63, 3.8) is 0 Å². The highest BCUT2D eigenvalue weighted by molar-refractivity contribution is 7.19. The van der Waals surface area contributed by atoms with Crippen LogP contribution in [-0.4, -0.2) is 19.8 Å². The van der Waals surface area contributed by atoms with E-state index >= 15 is 0 Å². The second-order valence-corrected chi connectivity index (χ2v) is 4.78. The molecule has 0 atom stereocenters. The Morgan fingerprint density at radius 1 is 1.20 bits per heavy atom. The summed E-state index contributed by atoms with van der Waals surface area (Å²) in [5.74, 6) is -1.92. The van der Waals surface area contributed by atoms with Gasteiger partial charge in [0.2, 0.25) is 4.96 Å². The smallest absolute Gasteiger partial charge is 0.398 e. The topological polar surface area (TPSA) is 69.1 Å². The Labute approximate surface area is 112 Å². The van der Waals surface area contributed by atoms with Crippen LogP contribution in [0.3, 0.4) is 0 Å². The molecule has 2 N–H and O–H groups in total. The Morgan fingerprint density at radius 2 is 1.95 bits per heavy atom. The second-order valence-electron chi connectivity index (χ2n) is 3.83. The van der Waals surface area contributed by atoms with Gasteiger partial charge in [-0.25, -0.2) is 4.39 Å². The van der Waals surface area contributed by atoms with Crippen LogP contribution < -0.4 is 5.73 Å². The molecule has 0 bridgehead atoms. The lowest BCUT2D eigenvalue weighted by Gasteiger charge is -2.03. The summed E-state index contributed by atoms with van der Waals surface area (Å²) in [5, 5.41) is 10.1. The van der Waals surface area contributed by atoms with E-state index in [0.29, 0.717) is 4.52 Å². The number of nitrogens with zero attached hydrogens (tertiary/aromatic N) is 4. The van der Waals surface area contributed by atoms with Crippen molar-refractivity contribution in [2.75, 3.05) is 5.73 Å². The minimum absolute atomic E-state index is 0.0102. The van der Waals surface area contributed by atoms with E-state index in [-0.39, 0.29) is 21.2 Å². The van der Waals surface area contributed by atoms with Crippen LogP contribution in [0.1, 0.15) is 5.82 Å². The average molecular weight is 303 g/mol. The number of rotatable bonds is 1. The molecule has 0 aliphatic heterocycles. The summed E-state index contributed by atoms with van der Waals surface area (Å²) >= 11 is 0.774. The molecule has 2 heterocycles. The summed E-state index contributed by atoms with van der Waals surface area (Å²) < 4.78 is 52.3. The van der Waals surface area contributed by atoms with E-state index in [1.165, 1.54) is 12.1 Å². The Balaban J connectivity index is 2.22. The van der Waals surface area contributed by atoms with Crippen molar-refractivity contribution in [1.29, 1.82) is 0 Å². The fourth-order valence-electron chi connectivity index (χ4n) is 1.66. The molecule has 0 aliphatic carbocycles. The highest BCUT2D eigenvalue weighted by atomic mass is 32.1. The molecule has 5 nitrogen and oxygen atoms in total. The van der Waals surface area contributed by atoms with E-state index in [0.717, 1.165) is 17.4 Å². The van der Waals surface area contributed by atoms with Crippen molar-refractivity contribution in [1.82, 2.24) is 19.8 Å². The molecule has 0 fully saturated rings. The highest BCUT2D eigenvalue weighted by Gasteiger charge is 2.38. The Bertz CT molecular complexity index is 770. The largest absolute Gasteiger partial charge is 0.453 e. The molecule has 0 saturated carbocycles. The van der Waals surface area contributed by atoms with Crippen molar-refractivity contribution in [2.45, 2.75) is 6.18 Å². The fraction of sp³-hybridized carbons (Fsp3) is 0.100. The molecule has 3 rings (SSSR count). The fourth-order valence-corrected chi connectivity index (χ4v) is 2.57. The lowest BCUT2D eigenvalue weighted by Crippen LogP contribution is -2.11. The quantitative estimate of drug-likeness (QED) is 0.554. The van der Waals surface area contributed by atoms with E-state index in [2.05, 4.69) is 15.3 Å². The van der Waals surface area contributed by atoms with Gasteiger partial charge in [-0.1, -0.05) is 17.4 Å². The third kappa shape index (κ3) is 1.88. The minimum atomic E-state index is -4.69. The number of aromatic nitrogens is 4.